The van der Waals surface area contributed by atoms with Crippen molar-refractivity contribution in [2.45, 2.75) is 180 Å². The average molecular weight is 1540 g/mol. The normalized spacial score (nSPS) is 22.1. The Kier molecular flexibility index (Phi) is 24.9. The van der Waals surface area contributed by atoms with Gasteiger partial charge in [0.05, 0.1) is 48.3 Å². The number of hydrogen-bond donors (Lipinski definition) is 8. The Morgan fingerprint density at radius 1 is 0.531 bits per heavy atom. The highest BCUT2D eigenvalue weighted by atomic mass is 16.6. The fraction of sp³-hybridized carbons (Fsp3) is 0.434. The lowest BCUT2D eigenvalue weighted by molar-refractivity contribution is -0.145. The summed E-state index contributed by atoms with van der Waals surface area (Å²) in [6.45, 7) is 13.7. The number of aliphatic imine (C=N–C) groups is 1. The third-order valence-corrected chi connectivity index (χ3v) is 21.6. The molecule has 0 radical (unpaired) electrons. The van der Waals surface area contributed by atoms with Crippen LogP contribution in [0.1, 0.15) is 120 Å². The standard InChI is InChI=1S/C83H98N16O14/c1-47(84-9)73(101)90-71(82(3,4)5)78(106)96-33-31-66-69(96)76(104)86-62(39-51-19-25-53-15-11-13-17-55(53)36-51)68(100)41-57(65-46-113-81(110)89-65)35-49-21-27-60(28-22-49)111-44-59-43-99(95-93-59)67-32-34-97(79(107)72(83(6,7)8)91-74(102)48(2)85-10)70(67)77(105)87-63(40-52-20-26-54-16-12-14-18-56(54)37-52)75(103)88-64(80(108)109)38-50-23-29-61(30-24-50)112-45-58-42-98(66)94-92-58/h11-30,36-37,42-43,47-48,57,62-64,66-67,69-72,84-85H,31-35,38-41,44-46H2,1-10H3,(H,86,104)(H,87,105)(H,88,103)(H,90,101)(H,91,102)(H,108,109)/t47-,48-,57+,62-,63-,64-,66+,67+,69-,70-,71+,72+/m0/s1. The van der Waals surface area contributed by atoms with E-state index in [9.17, 15) is 24.3 Å². The molecule has 0 saturated carbocycles. The molecule has 8 N–H and O–H groups in total. The molecule has 12 atom stereocenters. The van der Waals surface area contributed by atoms with Crippen LogP contribution < -0.4 is 46.7 Å². The van der Waals surface area contributed by atoms with Gasteiger partial charge in [-0.2, -0.15) is 4.99 Å². The van der Waals surface area contributed by atoms with Crippen molar-refractivity contribution in [2.75, 3.05) is 33.8 Å². The third-order valence-electron chi connectivity index (χ3n) is 21.6. The molecule has 113 heavy (non-hydrogen) atoms. The van der Waals surface area contributed by atoms with Gasteiger partial charge in [-0.05, 0) is 133 Å². The smallest absolute Gasteiger partial charge is 0.434 e. The summed E-state index contributed by atoms with van der Waals surface area (Å²) in [4.78, 5) is 153. The van der Waals surface area contributed by atoms with Crippen molar-refractivity contribution in [2.24, 2.45) is 21.7 Å². The molecular weight excluding hydrogens is 1450 g/mol. The number of ketones is 1. The van der Waals surface area contributed by atoms with Crippen LogP contribution in [0.5, 0.6) is 11.5 Å². The van der Waals surface area contributed by atoms with Gasteiger partial charge in [0.15, 0.2) is 5.78 Å². The average Bonchev–Trinajstić information content (AvgIpc) is 1.64. The first-order chi connectivity index (χ1) is 54.0. The van der Waals surface area contributed by atoms with E-state index in [2.05, 4.69) is 62.8 Å². The molecule has 7 aliphatic heterocycles. The highest BCUT2D eigenvalue weighted by molar-refractivity contribution is 6.04. The Hall–Kier alpha value is -11.8. The molecule has 2 aromatic heterocycles. The molecule has 30 heteroatoms. The number of rotatable bonds is 14. The van der Waals surface area contributed by atoms with Gasteiger partial charge < -0.3 is 66.3 Å². The topological polar surface area (TPSA) is 383 Å². The van der Waals surface area contributed by atoms with Crippen LogP contribution in [0.15, 0.2) is 151 Å². The molecule has 7 aliphatic rings. The molecule has 0 aliphatic carbocycles. The maximum atomic E-state index is 15.8. The highest BCUT2D eigenvalue weighted by Crippen LogP contribution is 2.36. The van der Waals surface area contributed by atoms with E-state index in [4.69, 9.17) is 14.2 Å². The number of carbonyl (C=O) groups excluding carboxylic acids is 9. The number of nitrogens with one attached hydrogen (secondary N) is 7. The Bertz CT molecular complexity index is 4890. The van der Waals surface area contributed by atoms with Crippen LogP contribution in [-0.2, 0) is 86.8 Å². The molecule has 30 nitrogen and oxygen atoms in total. The van der Waals surface area contributed by atoms with Gasteiger partial charge in [0.25, 0.3) is 0 Å². The zero-order valence-electron chi connectivity index (χ0n) is 65.0. The van der Waals surface area contributed by atoms with E-state index in [0.717, 1.165) is 32.7 Å². The van der Waals surface area contributed by atoms with Crippen molar-refractivity contribution in [1.82, 2.24) is 77.0 Å². The van der Waals surface area contributed by atoms with E-state index in [-0.39, 0.29) is 77.9 Å². The second-order valence-electron chi connectivity index (χ2n) is 31.8. The number of aromatic nitrogens is 6. The lowest BCUT2D eigenvalue weighted by Crippen LogP contribution is -2.61. The number of nitrogens with zero attached hydrogens (tertiary/aromatic N) is 9. The summed E-state index contributed by atoms with van der Waals surface area (Å²) in [7, 11) is 3.24. The number of cyclic esters (lactones) is 1. The first-order valence-corrected chi connectivity index (χ1v) is 38.2. The third kappa shape index (κ3) is 19.4. The number of benzene rings is 6. The largest absolute Gasteiger partial charge is 0.487 e. The van der Waals surface area contributed by atoms with Crippen molar-refractivity contribution < 1.29 is 67.3 Å². The first-order valence-electron chi connectivity index (χ1n) is 38.2. The second-order valence-corrected chi connectivity index (χ2v) is 31.8. The Morgan fingerprint density at radius 3 is 1.41 bits per heavy atom. The Labute approximate surface area is 654 Å². The molecular formula is C83H98N16O14. The van der Waals surface area contributed by atoms with E-state index in [1.54, 1.807) is 110 Å². The minimum Gasteiger partial charge on any atom is -0.487 e. The van der Waals surface area contributed by atoms with Gasteiger partial charge in [0.2, 0.25) is 41.4 Å². The zero-order chi connectivity index (χ0) is 80.6. The molecule has 8 bridgehead atoms. The molecule has 2 saturated heterocycles. The van der Waals surface area contributed by atoms with E-state index in [1.165, 1.54) is 19.2 Å². The fourth-order valence-corrected chi connectivity index (χ4v) is 14.9. The summed E-state index contributed by atoms with van der Waals surface area (Å²) in [5, 5.41) is 52.8. The fourth-order valence-electron chi connectivity index (χ4n) is 14.9. The molecule has 594 valence electrons. The van der Waals surface area contributed by atoms with Crippen LogP contribution in [0.3, 0.4) is 0 Å². The lowest BCUT2D eigenvalue weighted by Gasteiger charge is -2.37. The minimum atomic E-state index is -1.53. The van der Waals surface area contributed by atoms with Gasteiger partial charge in [-0.15, -0.1) is 10.2 Å². The SMILES string of the molecule is CN[C@@H](C)C(=O)N[C@H](C(=O)N1CC[C@@H]2[C@H]1C(=O)N[C@@H](Cc1ccc3ccccc3c1)C(=O)C[C@H](C1=NC(=O)OC1)Cc1ccc(cc1)OCc1cn(nn1)[C@@H]1CCN(C(=O)[C@@H](NC(=O)[C@H](C)NC)C(C)(C)C)[C@@H]1C(=O)N[C@@H](Cc1ccc3ccccc3c1)C(=O)N[C@H](C(=O)O)Cc1ccc(cc1)OCc1cn2nn1)C(C)(C)C. The van der Waals surface area contributed by atoms with Crippen LogP contribution in [0.2, 0.25) is 0 Å². The molecule has 2 fully saturated rings. The number of carbonyl (C=O) groups is 10. The van der Waals surface area contributed by atoms with Gasteiger partial charge in [-0.3, -0.25) is 38.4 Å². The number of amides is 8. The number of Topliss-reactive ketones (excluding diaryl/α,β-unsaturated/α-hetero) is 1. The lowest BCUT2D eigenvalue weighted by atomic mass is 9.85. The first kappa shape index (κ1) is 80.7. The molecule has 15 rings (SSSR count). The number of carboxylic acid groups (broad SMARTS) is 1. The summed E-state index contributed by atoms with van der Waals surface area (Å²) in [5.41, 5.74) is 1.78. The summed E-state index contributed by atoms with van der Waals surface area (Å²) in [5.74, 6) is -6.04. The zero-order valence-corrected chi connectivity index (χ0v) is 65.0. The monoisotopic (exact) mass is 1540 g/mol. The van der Waals surface area contributed by atoms with Crippen LogP contribution >= 0.6 is 0 Å². The van der Waals surface area contributed by atoms with Crippen LogP contribution in [0.4, 0.5) is 4.79 Å². The summed E-state index contributed by atoms with van der Waals surface area (Å²) in [6, 6.07) is 28.0. The predicted octanol–water partition coefficient (Wildman–Crippen LogP) is 5.89. The predicted molar refractivity (Wildman–Crippen MR) is 418 cm³/mol. The molecule has 8 amide bonds. The van der Waals surface area contributed by atoms with Crippen LogP contribution in [0, 0.1) is 16.7 Å². The molecule has 9 heterocycles. The Morgan fingerprint density at radius 2 is 0.973 bits per heavy atom. The van der Waals surface area contributed by atoms with Gasteiger partial charge in [-0.1, -0.05) is 161 Å². The minimum absolute atomic E-state index is 0.00834. The van der Waals surface area contributed by atoms with Crippen molar-refractivity contribution in [3.05, 3.63) is 179 Å². The van der Waals surface area contributed by atoms with Crippen LogP contribution in [0.25, 0.3) is 21.5 Å². The van der Waals surface area contributed by atoms with E-state index < -0.39 is 142 Å². The van der Waals surface area contributed by atoms with Crippen molar-refractivity contribution in [3.63, 3.8) is 0 Å². The van der Waals surface area contributed by atoms with E-state index in [1.807, 2.05) is 106 Å². The molecule has 0 spiro atoms. The van der Waals surface area contributed by atoms with E-state index in [0.29, 0.717) is 39.7 Å². The molecule has 0 unspecified atom stereocenters. The highest BCUT2D eigenvalue weighted by Gasteiger charge is 2.51. The number of likely N-dealkylation sites (N-methyl/N-ethyl adjacent to an activating group) is 2. The molecule has 8 aromatic rings. The summed E-state index contributed by atoms with van der Waals surface area (Å²) < 4.78 is 20.9. The van der Waals surface area contributed by atoms with Crippen molar-refractivity contribution in [1.29, 1.82) is 0 Å². The number of carboxylic acids is 1. The Balaban J connectivity index is 0.899. The number of hydrogen-bond acceptors (Lipinski definition) is 19. The molecule has 6 aromatic carbocycles. The number of aliphatic carboxylic acids is 1. The number of ether oxygens (including phenoxy) is 3. The van der Waals surface area contributed by atoms with Crippen molar-refractivity contribution >= 4 is 86.5 Å². The summed E-state index contributed by atoms with van der Waals surface area (Å²) >= 11 is 0. The van der Waals surface area contributed by atoms with Gasteiger partial charge >= 0.3 is 12.1 Å². The van der Waals surface area contributed by atoms with Gasteiger partial charge in [-0.25, -0.2) is 19.0 Å². The van der Waals surface area contributed by atoms with Crippen LogP contribution in [-0.4, -0.2) is 198 Å². The van der Waals surface area contributed by atoms with Crippen molar-refractivity contribution in [3.8, 4) is 11.5 Å². The summed E-state index contributed by atoms with van der Waals surface area (Å²) in [6.07, 6.45) is 2.39. The van der Waals surface area contributed by atoms with E-state index >= 15 is 28.8 Å². The number of fused-ring (bicyclic) bond motifs is 2. The van der Waals surface area contributed by atoms with Gasteiger partial charge in [0, 0.05) is 38.3 Å². The second kappa shape index (κ2) is 34.9. The number of likely N-dealkylation sites (tertiary alicyclic amines) is 2. The maximum Gasteiger partial charge on any atom is 0.434 e. The van der Waals surface area contributed by atoms with Gasteiger partial charge in [0.1, 0.15) is 79.0 Å². The quantitative estimate of drug-likeness (QED) is 0.0629. The maximum absolute atomic E-state index is 15.8.